The SMILES string of the molecule is CCCCCCCCCCCCCCCCCCC(=O)Oc1ccc(-c2ccc(CC(C)CC)cc2)cc1. The standard InChI is InChI=1S/C36H56O2/c1-4-6-7-8-9-10-11-12-13-14-15-16-17-18-19-20-21-36(37)38-35-28-26-34(27-29-35)33-24-22-32(23-25-33)30-31(3)5-2/h22-29,31H,4-21,30H2,1-3H3. The first-order chi connectivity index (χ1) is 18.6. The van der Waals surface area contributed by atoms with Crippen LogP contribution in [0.4, 0.5) is 0 Å². The van der Waals surface area contributed by atoms with Gasteiger partial charge in [-0.3, -0.25) is 4.79 Å². The Morgan fingerprint density at radius 2 is 1.03 bits per heavy atom. The summed E-state index contributed by atoms with van der Waals surface area (Å²) in [5.74, 6) is 1.25. The molecule has 2 heteroatoms. The molecule has 0 heterocycles. The summed E-state index contributed by atoms with van der Waals surface area (Å²) in [5.41, 5.74) is 3.74. The smallest absolute Gasteiger partial charge is 0.311 e. The Hall–Kier alpha value is -2.09. The number of hydrogen-bond acceptors (Lipinski definition) is 2. The van der Waals surface area contributed by atoms with Crippen LogP contribution in [0.5, 0.6) is 5.75 Å². The number of unbranched alkanes of at least 4 members (excludes halogenated alkanes) is 15. The minimum atomic E-state index is -0.113. The fourth-order valence-corrected chi connectivity index (χ4v) is 5.10. The van der Waals surface area contributed by atoms with Crippen molar-refractivity contribution in [1.82, 2.24) is 0 Å². The first kappa shape index (κ1) is 32.1. The third kappa shape index (κ3) is 14.7. The number of carbonyl (C=O) groups is 1. The highest BCUT2D eigenvalue weighted by Gasteiger charge is 2.06. The average Bonchev–Trinajstić information content (AvgIpc) is 2.93. The summed E-state index contributed by atoms with van der Waals surface area (Å²) >= 11 is 0. The Bertz CT molecular complexity index is 837. The van der Waals surface area contributed by atoms with Gasteiger partial charge < -0.3 is 4.74 Å². The molecule has 0 aliphatic heterocycles. The highest BCUT2D eigenvalue weighted by atomic mass is 16.5. The Morgan fingerprint density at radius 3 is 1.47 bits per heavy atom. The Balaban J connectivity index is 1.47. The molecular weight excluding hydrogens is 464 g/mol. The Morgan fingerprint density at radius 1 is 0.605 bits per heavy atom. The van der Waals surface area contributed by atoms with Gasteiger partial charge in [0, 0.05) is 6.42 Å². The molecule has 2 aromatic carbocycles. The second-order valence-electron chi connectivity index (χ2n) is 11.5. The Kier molecular flexibility index (Phi) is 17.6. The summed E-state index contributed by atoms with van der Waals surface area (Å²) in [7, 11) is 0. The monoisotopic (exact) mass is 520 g/mol. The molecule has 0 N–H and O–H groups in total. The number of hydrogen-bond donors (Lipinski definition) is 0. The average molecular weight is 521 g/mol. The lowest BCUT2D eigenvalue weighted by Crippen LogP contribution is -2.07. The van der Waals surface area contributed by atoms with Crippen molar-refractivity contribution in [2.75, 3.05) is 0 Å². The van der Waals surface area contributed by atoms with Crippen LogP contribution < -0.4 is 4.74 Å². The van der Waals surface area contributed by atoms with Crippen molar-refractivity contribution in [3.63, 3.8) is 0 Å². The van der Waals surface area contributed by atoms with Crippen LogP contribution in [0.1, 0.15) is 142 Å². The van der Waals surface area contributed by atoms with Gasteiger partial charge in [0.2, 0.25) is 0 Å². The summed E-state index contributed by atoms with van der Waals surface area (Å²) in [6.45, 7) is 6.83. The van der Waals surface area contributed by atoms with E-state index in [-0.39, 0.29) is 5.97 Å². The van der Waals surface area contributed by atoms with E-state index in [1.54, 1.807) is 0 Å². The zero-order valence-electron chi connectivity index (χ0n) is 24.9. The highest BCUT2D eigenvalue weighted by Crippen LogP contribution is 2.24. The summed E-state index contributed by atoms with van der Waals surface area (Å²) in [4.78, 5) is 12.2. The highest BCUT2D eigenvalue weighted by molar-refractivity contribution is 5.73. The molecular formula is C36H56O2. The van der Waals surface area contributed by atoms with Gasteiger partial charge in [0.1, 0.15) is 5.75 Å². The maximum Gasteiger partial charge on any atom is 0.311 e. The maximum atomic E-state index is 12.2. The van der Waals surface area contributed by atoms with Crippen molar-refractivity contribution >= 4 is 5.97 Å². The van der Waals surface area contributed by atoms with Gasteiger partial charge in [0.05, 0.1) is 0 Å². The van der Waals surface area contributed by atoms with E-state index in [1.807, 2.05) is 24.3 Å². The molecule has 38 heavy (non-hydrogen) atoms. The van der Waals surface area contributed by atoms with E-state index in [0.29, 0.717) is 18.1 Å². The van der Waals surface area contributed by atoms with Crippen LogP contribution in [0.2, 0.25) is 0 Å². The zero-order chi connectivity index (χ0) is 27.3. The first-order valence-electron chi connectivity index (χ1n) is 16.0. The van der Waals surface area contributed by atoms with Gasteiger partial charge in [-0.25, -0.2) is 0 Å². The van der Waals surface area contributed by atoms with Crippen molar-refractivity contribution < 1.29 is 9.53 Å². The lowest BCUT2D eigenvalue weighted by atomic mass is 9.97. The van der Waals surface area contributed by atoms with Gasteiger partial charge >= 0.3 is 5.97 Å². The topological polar surface area (TPSA) is 26.3 Å². The lowest BCUT2D eigenvalue weighted by Gasteiger charge is -2.10. The molecule has 0 bridgehead atoms. The van der Waals surface area contributed by atoms with Crippen molar-refractivity contribution in [2.45, 2.75) is 143 Å². The van der Waals surface area contributed by atoms with Gasteiger partial charge in [-0.1, -0.05) is 160 Å². The molecule has 212 valence electrons. The van der Waals surface area contributed by atoms with E-state index in [0.717, 1.165) is 24.8 Å². The second-order valence-corrected chi connectivity index (χ2v) is 11.5. The molecule has 0 spiro atoms. The van der Waals surface area contributed by atoms with Crippen LogP contribution in [0, 0.1) is 5.92 Å². The number of carbonyl (C=O) groups excluding carboxylic acids is 1. The summed E-state index contributed by atoms with van der Waals surface area (Å²) in [5, 5.41) is 0. The largest absolute Gasteiger partial charge is 0.427 e. The molecule has 0 aliphatic rings. The van der Waals surface area contributed by atoms with Crippen LogP contribution in [-0.4, -0.2) is 5.97 Å². The molecule has 0 aliphatic carbocycles. The molecule has 1 atom stereocenters. The van der Waals surface area contributed by atoms with E-state index in [4.69, 9.17) is 4.74 Å². The van der Waals surface area contributed by atoms with E-state index in [9.17, 15) is 4.79 Å². The number of esters is 1. The first-order valence-corrected chi connectivity index (χ1v) is 16.0. The molecule has 0 aromatic heterocycles. The molecule has 0 saturated heterocycles. The summed E-state index contributed by atoms with van der Waals surface area (Å²) in [6, 6.07) is 16.7. The molecule has 2 rings (SSSR count). The summed E-state index contributed by atoms with van der Waals surface area (Å²) in [6.07, 6.45) is 24.3. The quantitative estimate of drug-likeness (QED) is 0.0876. The molecule has 0 saturated carbocycles. The van der Waals surface area contributed by atoms with Crippen LogP contribution >= 0.6 is 0 Å². The molecule has 1 unspecified atom stereocenters. The van der Waals surface area contributed by atoms with Gasteiger partial charge in [-0.2, -0.15) is 0 Å². The third-order valence-corrected chi connectivity index (χ3v) is 7.89. The molecule has 2 nitrogen and oxygen atoms in total. The maximum absolute atomic E-state index is 12.2. The van der Waals surface area contributed by atoms with E-state index in [1.165, 1.54) is 107 Å². The predicted octanol–water partition coefficient (Wildman–Crippen LogP) is 11.5. The van der Waals surface area contributed by atoms with Gasteiger partial charge in [0.25, 0.3) is 0 Å². The number of rotatable bonds is 22. The van der Waals surface area contributed by atoms with Crippen LogP contribution in [-0.2, 0) is 11.2 Å². The van der Waals surface area contributed by atoms with Crippen LogP contribution in [0.15, 0.2) is 48.5 Å². The van der Waals surface area contributed by atoms with E-state index < -0.39 is 0 Å². The molecule has 0 radical (unpaired) electrons. The van der Waals surface area contributed by atoms with Crippen LogP contribution in [0.25, 0.3) is 11.1 Å². The summed E-state index contributed by atoms with van der Waals surface area (Å²) < 4.78 is 5.57. The number of ether oxygens (including phenoxy) is 1. The number of benzene rings is 2. The predicted molar refractivity (Wildman–Crippen MR) is 165 cm³/mol. The van der Waals surface area contributed by atoms with Crippen molar-refractivity contribution in [3.05, 3.63) is 54.1 Å². The molecule has 2 aromatic rings. The zero-order valence-corrected chi connectivity index (χ0v) is 24.9. The fraction of sp³-hybridized carbons (Fsp3) is 0.639. The van der Waals surface area contributed by atoms with Gasteiger partial charge in [-0.15, -0.1) is 0 Å². The van der Waals surface area contributed by atoms with Crippen LogP contribution in [0.3, 0.4) is 0 Å². The fourth-order valence-electron chi connectivity index (χ4n) is 5.10. The minimum Gasteiger partial charge on any atom is -0.427 e. The van der Waals surface area contributed by atoms with Gasteiger partial charge in [-0.05, 0) is 47.6 Å². The molecule has 0 fully saturated rings. The van der Waals surface area contributed by atoms with Crippen molar-refractivity contribution in [3.8, 4) is 16.9 Å². The lowest BCUT2D eigenvalue weighted by molar-refractivity contribution is -0.134. The van der Waals surface area contributed by atoms with Crippen molar-refractivity contribution in [1.29, 1.82) is 0 Å². The molecule has 0 amide bonds. The van der Waals surface area contributed by atoms with Gasteiger partial charge in [0.15, 0.2) is 0 Å². The normalized spacial score (nSPS) is 12.0. The second kappa shape index (κ2) is 20.8. The van der Waals surface area contributed by atoms with E-state index >= 15 is 0 Å². The van der Waals surface area contributed by atoms with Crippen molar-refractivity contribution in [2.24, 2.45) is 5.92 Å². The van der Waals surface area contributed by atoms with E-state index in [2.05, 4.69) is 45.0 Å². The minimum absolute atomic E-state index is 0.113. The third-order valence-electron chi connectivity index (χ3n) is 7.89. The Labute approximate surface area is 235 Å².